The fraction of sp³-hybridized carbons (Fsp3) is 0.182. The van der Waals surface area contributed by atoms with Crippen molar-refractivity contribution in [1.82, 2.24) is 9.97 Å². The minimum atomic E-state index is -0.538. The maximum Gasteiger partial charge on any atom is 0.256 e. The van der Waals surface area contributed by atoms with Crippen molar-refractivity contribution in [1.29, 1.82) is 0 Å². The largest absolute Gasteiger partial charge is 0.378 e. The Morgan fingerprint density at radius 3 is 2.55 bits per heavy atom. The Bertz CT molecular complexity index is 1350. The Balaban J connectivity index is 1.70. The van der Waals surface area contributed by atoms with Crippen molar-refractivity contribution >= 4 is 62.1 Å². The van der Waals surface area contributed by atoms with Crippen LogP contribution in [0.2, 0.25) is 10.0 Å². The molecule has 2 aromatic heterocycles. The number of aromatic nitrogens is 2. The second-order valence-corrected chi connectivity index (χ2v) is 8.04. The molecule has 0 atom stereocenters. The van der Waals surface area contributed by atoms with Crippen LogP contribution in [0.4, 0.5) is 21.6 Å². The molecule has 0 aliphatic carbocycles. The summed E-state index contributed by atoms with van der Waals surface area (Å²) < 4.78 is 19.0. The molecule has 1 aliphatic rings. The Morgan fingerprint density at radius 1 is 1.06 bits per heavy atom. The topological polar surface area (TPSA) is 70.2 Å². The molecule has 31 heavy (non-hydrogen) atoms. The molecular weight excluding hydrogens is 442 g/mol. The van der Waals surface area contributed by atoms with E-state index in [0.29, 0.717) is 41.0 Å². The molecule has 1 saturated heterocycles. The quantitative estimate of drug-likeness (QED) is 0.417. The lowest BCUT2D eigenvalue weighted by Gasteiger charge is -2.29. The van der Waals surface area contributed by atoms with Gasteiger partial charge in [0.25, 0.3) is 5.56 Å². The average molecular weight is 459 g/mol. The van der Waals surface area contributed by atoms with E-state index in [1.165, 1.54) is 12.1 Å². The Morgan fingerprint density at radius 2 is 1.81 bits per heavy atom. The van der Waals surface area contributed by atoms with Crippen molar-refractivity contribution in [2.24, 2.45) is 0 Å². The van der Waals surface area contributed by atoms with Gasteiger partial charge in [-0.05, 0) is 36.4 Å². The maximum atomic E-state index is 13.6. The van der Waals surface area contributed by atoms with E-state index >= 15 is 0 Å². The molecule has 1 aliphatic heterocycles. The third kappa shape index (κ3) is 3.69. The van der Waals surface area contributed by atoms with E-state index in [9.17, 15) is 9.18 Å². The molecule has 2 N–H and O–H groups in total. The number of aromatic amines is 1. The highest BCUT2D eigenvalue weighted by Gasteiger charge is 2.17. The van der Waals surface area contributed by atoms with Crippen LogP contribution in [0.15, 0.2) is 47.4 Å². The summed E-state index contributed by atoms with van der Waals surface area (Å²) >= 11 is 12.4. The summed E-state index contributed by atoms with van der Waals surface area (Å²) in [5.41, 5.74) is 1.73. The second kappa shape index (κ2) is 8.00. The second-order valence-electron chi connectivity index (χ2n) is 7.23. The van der Waals surface area contributed by atoms with Crippen LogP contribution in [0.1, 0.15) is 0 Å². The highest BCUT2D eigenvalue weighted by atomic mass is 35.5. The number of morpholine rings is 1. The molecule has 1 fully saturated rings. The summed E-state index contributed by atoms with van der Waals surface area (Å²) in [4.78, 5) is 22.5. The molecule has 5 rings (SSSR count). The molecule has 0 radical (unpaired) electrons. The molecule has 4 aromatic rings. The minimum Gasteiger partial charge on any atom is -0.378 e. The summed E-state index contributed by atoms with van der Waals surface area (Å²) in [5, 5.41) is 5.16. The van der Waals surface area contributed by atoms with E-state index in [-0.39, 0.29) is 15.6 Å². The first kappa shape index (κ1) is 20.1. The number of pyridine rings is 2. The molecule has 0 amide bonds. The zero-order chi connectivity index (χ0) is 21.5. The van der Waals surface area contributed by atoms with Gasteiger partial charge in [0.1, 0.15) is 11.6 Å². The summed E-state index contributed by atoms with van der Waals surface area (Å²) in [5.74, 6) is -0.132. The van der Waals surface area contributed by atoms with Gasteiger partial charge in [-0.15, -0.1) is 0 Å². The van der Waals surface area contributed by atoms with Crippen LogP contribution < -0.4 is 15.8 Å². The van der Waals surface area contributed by atoms with Crippen molar-refractivity contribution in [2.75, 3.05) is 36.5 Å². The lowest BCUT2D eigenvalue weighted by Crippen LogP contribution is -2.36. The lowest BCUT2D eigenvalue weighted by molar-refractivity contribution is 0.122. The van der Waals surface area contributed by atoms with Gasteiger partial charge in [0.05, 0.1) is 39.8 Å². The Kier molecular flexibility index (Phi) is 5.17. The number of nitrogens with one attached hydrogen (secondary N) is 2. The van der Waals surface area contributed by atoms with E-state index in [2.05, 4.69) is 15.2 Å². The van der Waals surface area contributed by atoms with Gasteiger partial charge in [0.15, 0.2) is 0 Å². The van der Waals surface area contributed by atoms with Gasteiger partial charge < -0.3 is 19.9 Å². The lowest BCUT2D eigenvalue weighted by atomic mass is 10.1. The zero-order valence-electron chi connectivity index (χ0n) is 16.2. The number of anilines is 3. The van der Waals surface area contributed by atoms with Crippen molar-refractivity contribution in [2.45, 2.75) is 0 Å². The van der Waals surface area contributed by atoms with Gasteiger partial charge in [0, 0.05) is 35.7 Å². The van der Waals surface area contributed by atoms with Crippen LogP contribution in [-0.4, -0.2) is 36.3 Å². The van der Waals surface area contributed by atoms with Gasteiger partial charge in [0.2, 0.25) is 0 Å². The number of fused-ring (bicyclic) bond motifs is 3. The summed E-state index contributed by atoms with van der Waals surface area (Å²) in [6.45, 7) is 2.90. The normalized spacial score (nSPS) is 14.4. The Hall–Kier alpha value is -2.87. The molecule has 3 heterocycles. The van der Waals surface area contributed by atoms with E-state index in [4.69, 9.17) is 32.9 Å². The summed E-state index contributed by atoms with van der Waals surface area (Å²) in [6.07, 6.45) is 1.56. The number of H-pyrrole nitrogens is 1. The standard InChI is InChI=1S/C22H17Cl2FN4O2/c23-16-9-12(25)10-17(24)20(16)28-21-14-3-4-26-22(30)19(14)15-11-13(1-2-18(15)27-21)29-5-7-31-8-6-29/h1-4,9-11H,5-8H2,(H,26,30)(H,27,28). The van der Waals surface area contributed by atoms with Crippen LogP contribution in [0.25, 0.3) is 21.7 Å². The molecule has 158 valence electrons. The van der Waals surface area contributed by atoms with E-state index in [1.807, 2.05) is 18.2 Å². The SMILES string of the molecule is O=c1[nH]ccc2c(Nc3c(Cl)cc(F)cc3Cl)nc3ccc(N4CCOCC4)cc3c12. The number of hydrogen-bond donors (Lipinski definition) is 2. The monoisotopic (exact) mass is 458 g/mol. The number of nitrogens with zero attached hydrogens (tertiary/aromatic N) is 2. The van der Waals surface area contributed by atoms with Crippen LogP contribution in [0.3, 0.4) is 0 Å². The summed E-state index contributed by atoms with van der Waals surface area (Å²) in [7, 11) is 0. The maximum absolute atomic E-state index is 13.6. The molecule has 0 saturated carbocycles. The van der Waals surface area contributed by atoms with Crippen molar-refractivity contribution in [3.63, 3.8) is 0 Å². The molecule has 0 bridgehead atoms. The third-order valence-corrected chi connectivity index (χ3v) is 5.92. The molecule has 6 nitrogen and oxygen atoms in total. The van der Waals surface area contributed by atoms with E-state index in [0.717, 1.165) is 24.2 Å². The molecule has 0 spiro atoms. The number of halogens is 3. The van der Waals surface area contributed by atoms with E-state index < -0.39 is 5.82 Å². The smallest absolute Gasteiger partial charge is 0.256 e. The predicted molar refractivity (Wildman–Crippen MR) is 123 cm³/mol. The van der Waals surface area contributed by atoms with Gasteiger partial charge in [-0.3, -0.25) is 4.79 Å². The first-order valence-corrected chi connectivity index (χ1v) is 10.5. The third-order valence-electron chi connectivity index (χ3n) is 5.32. The minimum absolute atomic E-state index is 0.118. The molecule has 0 unspecified atom stereocenters. The molecule has 2 aromatic carbocycles. The van der Waals surface area contributed by atoms with Gasteiger partial charge in [-0.1, -0.05) is 23.2 Å². The number of benzene rings is 2. The predicted octanol–water partition coefficient (Wildman–Crippen LogP) is 5.10. The van der Waals surface area contributed by atoms with Crippen LogP contribution in [-0.2, 0) is 4.74 Å². The fourth-order valence-electron chi connectivity index (χ4n) is 3.84. The molecule has 9 heteroatoms. The van der Waals surface area contributed by atoms with E-state index in [1.54, 1.807) is 12.3 Å². The zero-order valence-corrected chi connectivity index (χ0v) is 17.7. The highest BCUT2D eigenvalue weighted by molar-refractivity contribution is 6.39. The Labute approximate surface area is 186 Å². The first-order valence-electron chi connectivity index (χ1n) is 9.71. The van der Waals surface area contributed by atoms with Crippen LogP contribution in [0, 0.1) is 5.82 Å². The molecular formula is C22H17Cl2FN4O2. The fourth-order valence-corrected chi connectivity index (χ4v) is 4.39. The average Bonchev–Trinajstić information content (AvgIpc) is 2.76. The van der Waals surface area contributed by atoms with Crippen molar-refractivity contribution < 1.29 is 9.13 Å². The van der Waals surface area contributed by atoms with Gasteiger partial charge >= 0.3 is 0 Å². The van der Waals surface area contributed by atoms with Crippen LogP contribution in [0.5, 0.6) is 0 Å². The highest BCUT2D eigenvalue weighted by Crippen LogP contribution is 2.37. The number of rotatable bonds is 3. The number of ether oxygens (including phenoxy) is 1. The van der Waals surface area contributed by atoms with Crippen LogP contribution >= 0.6 is 23.2 Å². The first-order chi connectivity index (χ1) is 15.0. The van der Waals surface area contributed by atoms with Gasteiger partial charge in [-0.25, -0.2) is 9.37 Å². The summed E-state index contributed by atoms with van der Waals surface area (Å²) in [6, 6.07) is 9.93. The van der Waals surface area contributed by atoms with Crippen molar-refractivity contribution in [3.8, 4) is 0 Å². The number of hydrogen-bond acceptors (Lipinski definition) is 5. The van der Waals surface area contributed by atoms with Gasteiger partial charge in [-0.2, -0.15) is 0 Å². The van der Waals surface area contributed by atoms with Crippen molar-refractivity contribution in [3.05, 3.63) is 68.8 Å².